The standard InChI is InChI=1S/C67H129NO5/c1-3-5-7-9-11-13-15-17-18-19-30-33-36-39-43-47-51-55-59-65(70)64(63-69)68-66(71)60-56-52-48-44-40-37-34-31-28-26-24-22-20-21-23-25-27-29-32-35-38-42-46-50-54-58-62-73-67(72)61-57-53-49-45-41-16-14-12-10-8-6-4-2/h20,22,55,59,64-65,69-70H,3-19,21,23-54,56-58,60-63H2,1-2H3,(H,68,71)/b22-20-,59-55+. The second-order valence-corrected chi connectivity index (χ2v) is 22.8. The van der Waals surface area contributed by atoms with Gasteiger partial charge in [0.15, 0.2) is 0 Å². The van der Waals surface area contributed by atoms with Crippen LogP contribution in [0.1, 0.15) is 367 Å². The highest BCUT2D eigenvalue weighted by Crippen LogP contribution is 2.18. The Morgan fingerprint density at radius 1 is 0.370 bits per heavy atom. The molecule has 0 saturated carbocycles. The van der Waals surface area contributed by atoms with Crippen molar-refractivity contribution in [3.63, 3.8) is 0 Å². The van der Waals surface area contributed by atoms with Crippen molar-refractivity contribution in [3.05, 3.63) is 24.3 Å². The van der Waals surface area contributed by atoms with Gasteiger partial charge in [0.25, 0.3) is 0 Å². The van der Waals surface area contributed by atoms with Gasteiger partial charge < -0.3 is 20.3 Å². The molecule has 6 heteroatoms. The third-order valence-electron chi connectivity index (χ3n) is 15.5. The number of rotatable bonds is 62. The van der Waals surface area contributed by atoms with Crippen molar-refractivity contribution in [1.82, 2.24) is 5.32 Å². The summed E-state index contributed by atoms with van der Waals surface area (Å²) in [5.74, 6) is -0.0518. The molecule has 2 atom stereocenters. The maximum atomic E-state index is 12.5. The zero-order valence-electron chi connectivity index (χ0n) is 49.4. The van der Waals surface area contributed by atoms with Crippen molar-refractivity contribution >= 4 is 11.9 Å². The van der Waals surface area contributed by atoms with Gasteiger partial charge in [0.05, 0.1) is 25.4 Å². The lowest BCUT2D eigenvalue weighted by Crippen LogP contribution is -2.45. The van der Waals surface area contributed by atoms with Crippen LogP contribution >= 0.6 is 0 Å². The van der Waals surface area contributed by atoms with Crippen molar-refractivity contribution in [2.24, 2.45) is 0 Å². The normalized spacial score (nSPS) is 12.7. The minimum absolute atomic E-state index is 0.0151. The second-order valence-electron chi connectivity index (χ2n) is 22.8. The van der Waals surface area contributed by atoms with Crippen LogP contribution in [0.3, 0.4) is 0 Å². The van der Waals surface area contributed by atoms with E-state index < -0.39 is 12.1 Å². The maximum absolute atomic E-state index is 12.5. The van der Waals surface area contributed by atoms with E-state index in [1.807, 2.05) is 6.08 Å². The Labute approximate surface area is 456 Å². The molecule has 6 nitrogen and oxygen atoms in total. The molecule has 0 aliphatic heterocycles. The molecule has 432 valence electrons. The monoisotopic (exact) mass is 1030 g/mol. The lowest BCUT2D eigenvalue weighted by atomic mass is 10.0. The van der Waals surface area contributed by atoms with Crippen LogP contribution in [0.25, 0.3) is 0 Å². The molecule has 0 aromatic carbocycles. The number of amides is 1. The molecule has 0 aromatic rings. The van der Waals surface area contributed by atoms with Gasteiger partial charge in [-0.25, -0.2) is 0 Å². The van der Waals surface area contributed by atoms with Gasteiger partial charge in [0.2, 0.25) is 5.91 Å². The number of carbonyl (C=O) groups excluding carboxylic acids is 2. The van der Waals surface area contributed by atoms with E-state index >= 15 is 0 Å². The zero-order chi connectivity index (χ0) is 52.9. The first kappa shape index (κ1) is 71.3. The Hall–Kier alpha value is -1.66. The molecule has 0 spiro atoms. The molecular formula is C67H129NO5. The van der Waals surface area contributed by atoms with E-state index in [0.29, 0.717) is 19.4 Å². The van der Waals surface area contributed by atoms with E-state index in [2.05, 4.69) is 31.3 Å². The summed E-state index contributed by atoms with van der Waals surface area (Å²) < 4.78 is 5.48. The molecule has 3 N–H and O–H groups in total. The van der Waals surface area contributed by atoms with E-state index in [1.165, 1.54) is 302 Å². The fourth-order valence-corrected chi connectivity index (χ4v) is 10.4. The average Bonchev–Trinajstić information content (AvgIpc) is 3.39. The largest absolute Gasteiger partial charge is 0.466 e. The number of ether oxygens (including phenoxy) is 1. The summed E-state index contributed by atoms with van der Waals surface area (Å²) in [5.41, 5.74) is 0. The quantitative estimate of drug-likeness (QED) is 0.0320. The smallest absolute Gasteiger partial charge is 0.305 e. The molecule has 0 aliphatic carbocycles. The summed E-state index contributed by atoms with van der Waals surface area (Å²) >= 11 is 0. The number of aliphatic hydroxyl groups excluding tert-OH is 2. The molecule has 73 heavy (non-hydrogen) atoms. The summed E-state index contributed by atoms with van der Waals surface area (Å²) in [6, 6.07) is -0.629. The highest BCUT2D eigenvalue weighted by atomic mass is 16.5. The summed E-state index contributed by atoms with van der Waals surface area (Å²) in [7, 11) is 0. The van der Waals surface area contributed by atoms with Crippen molar-refractivity contribution in [3.8, 4) is 0 Å². The predicted molar refractivity (Wildman–Crippen MR) is 320 cm³/mol. The van der Waals surface area contributed by atoms with Crippen molar-refractivity contribution in [1.29, 1.82) is 0 Å². The molecule has 0 fully saturated rings. The van der Waals surface area contributed by atoms with E-state index in [-0.39, 0.29) is 18.5 Å². The zero-order valence-corrected chi connectivity index (χ0v) is 49.4. The maximum Gasteiger partial charge on any atom is 0.305 e. The average molecular weight is 1030 g/mol. The summed E-state index contributed by atoms with van der Waals surface area (Å²) in [6.45, 7) is 4.93. The molecule has 0 aliphatic rings. The number of hydrogen-bond donors (Lipinski definition) is 3. The van der Waals surface area contributed by atoms with Gasteiger partial charge in [0.1, 0.15) is 0 Å². The van der Waals surface area contributed by atoms with E-state index in [4.69, 9.17) is 4.74 Å². The lowest BCUT2D eigenvalue weighted by molar-refractivity contribution is -0.143. The summed E-state index contributed by atoms with van der Waals surface area (Å²) in [5, 5.41) is 23.2. The third kappa shape index (κ3) is 59.4. The van der Waals surface area contributed by atoms with Gasteiger partial charge in [-0.15, -0.1) is 0 Å². The van der Waals surface area contributed by atoms with Crippen LogP contribution in [-0.2, 0) is 14.3 Å². The van der Waals surface area contributed by atoms with Crippen molar-refractivity contribution < 1.29 is 24.5 Å². The molecule has 1 amide bonds. The van der Waals surface area contributed by atoms with Gasteiger partial charge >= 0.3 is 5.97 Å². The molecule has 0 saturated heterocycles. The fourth-order valence-electron chi connectivity index (χ4n) is 10.4. The SMILES string of the molecule is CCCCCCCCCCCCCCCCCC/C=C/C(O)C(CO)NC(=O)CCCCCCCCCCCC/C=C\CCCCCCCCCCCCCCOC(=O)CCCCCCCCCCCCCC. The molecule has 0 radical (unpaired) electrons. The number of aliphatic hydroxyl groups is 2. The Morgan fingerprint density at radius 2 is 0.644 bits per heavy atom. The number of allylic oxidation sites excluding steroid dienone is 3. The Morgan fingerprint density at radius 3 is 0.973 bits per heavy atom. The first-order valence-electron chi connectivity index (χ1n) is 33.1. The van der Waals surface area contributed by atoms with Gasteiger partial charge in [0, 0.05) is 12.8 Å². The van der Waals surface area contributed by atoms with Gasteiger partial charge in [-0.3, -0.25) is 9.59 Å². The fraction of sp³-hybridized carbons (Fsp3) is 0.910. The second kappa shape index (κ2) is 62.9. The topological polar surface area (TPSA) is 95.9 Å². The number of hydrogen-bond acceptors (Lipinski definition) is 5. The van der Waals surface area contributed by atoms with E-state index in [0.717, 1.165) is 38.5 Å². The first-order chi connectivity index (χ1) is 36.0. The number of carbonyl (C=O) groups is 2. The lowest BCUT2D eigenvalue weighted by Gasteiger charge is -2.20. The molecular weight excluding hydrogens is 899 g/mol. The number of nitrogens with one attached hydrogen (secondary N) is 1. The Bertz CT molecular complexity index is 1140. The van der Waals surface area contributed by atoms with E-state index in [9.17, 15) is 19.8 Å². The highest BCUT2D eigenvalue weighted by molar-refractivity contribution is 5.76. The van der Waals surface area contributed by atoms with E-state index in [1.54, 1.807) is 6.08 Å². The number of esters is 1. The van der Waals surface area contributed by atoms with Crippen LogP contribution in [0.5, 0.6) is 0 Å². The Balaban J connectivity index is 3.41. The minimum Gasteiger partial charge on any atom is -0.466 e. The predicted octanol–water partition coefficient (Wildman–Crippen LogP) is 21.0. The first-order valence-corrected chi connectivity index (χ1v) is 33.1. The van der Waals surface area contributed by atoms with Crippen LogP contribution in [0.15, 0.2) is 24.3 Å². The third-order valence-corrected chi connectivity index (χ3v) is 15.5. The molecule has 2 unspecified atom stereocenters. The molecule has 0 aromatic heterocycles. The van der Waals surface area contributed by atoms with Crippen LogP contribution in [-0.4, -0.2) is 47.4 Å². The van der Waals surface area contributed by atoms with Crippen LogP contribution in [0.4, 0.5) is 0 Å². The van der Waals surface area contributed by atoms with Gasteiger partial charge in [-0.2, -0.15) is 0 Å². The summed E-state index contributed by atoms with van der Waals surface area (Å²) in [4.78, 5) is 24.5. The van der Waals surface area contributed by atoms with Gasteiger partial charge in [-0.05, 0) is 57.8 Å². The van der Waals surface area contributed by atoms with Crippen molar-refractivity contribution in [2.75, 3.05) is 13.2 Å². The van der Waals surface area contributed by atoms with Gasteiger partial charge in [-0.1, -0.05) is 321 Å². The number of unbranched alkanes of at least 4 members (excludes halogenated alkanes) is 49. The molecule has 0 bridgehead atoms. The van der Waals surface area contributed by atoms with Crippen LogP contribution < -0.4 is 5.32 Å². The molecule has 0 rings (SSSR count). The van der Waals surface area contributed by atoms with Crippen LogP contribution in [0, 0.1) is 0 Å². The molecule has 0 heterocycles. The summed E-state index contributed by atoms with van der Waals surface area (Å²) in [6.07, 6.45) is 78.1. The van der Waals surface area contributed by atoms with Crippen LogP contribution in [0.2, 0.25) is 0 Å². The highest BCUT2D eigenvalue weighted by Gasteiger charge is 2.18. The Kier molecular flexibility index (Phi) is 61.4. The minimum atomic E-state index is -0.846. The van der Waals surface area contributed by atoms with Crippen molar-refractivity contribution in [2.45, 2.75) is 379 Å².